The van der Waals surface area contributed by atoms with Crippen molar-refractivity contribution in [2.24, 2.45) is 0 Å². The van der Waals surface area contributed by atoms with Gasteiger partial charge in [0.05, 0.1) is 5.69 Å². The summed E-state index contributed by atoms with van der Waals surface area (Å²) in [6.45, 7) is 5.87. The van der Waals surface area contributed by atoms with Gasteiger partial charge in [-0.05, 0) is 18.4 Å². The van der Waals surface area contributed by atoms with Gasteiger partial charge in [0.1, 0.15) is 5.82 Å². The van der Waals surface area contributed by atoms with Crippen molar-refractivity contribution in [2.45, 2.75) is 26.7 Å². The number of imidazole rings is 1. The molecule has 0 saturated carbocycles. The second kappa shape index (κ2) is 4.64. The van der Waals surface area contributed by atoms with Crippen LogP contribution in [-0.2, 0) is 0 Å². The summed E-state index contributed by atoms with van der Waals surface area (Å²) in [6, 6.07) is 7.78. The fourth-order valence-electron chi connectivity index (χ4n) is 1.93. The molecule has 4 heteroatoms. The molecular weight excluding hydrogens is 228 g/mol. The molecule has 2 rings (SSSR count). The zero-order valence-corrected chi connectivity index (χ0v) is 10.7. The summed E-state index contributed by atoms with van der Waals surface area (Å²) in [5.41, 5.74) is 2.79. The van der Waals surface area contributed by atoms with Gasteiger partial charge in [-0.3, -0.25) is 0 Å². The van der Waals surface area contributed by atoms with Gasteiger partial charge in [-0.2, -0.15) is 0 Å². The normalized spacial score (nSPS) is 10.9. The van der Waals surface area contributed by atoms with E-state index in [1.54, 1.807) is 0 Å². The van der Waals surface area contributed by atoms with Gasteiger partial charge in [0.15, 0.2) is 5.69 Å². The number of nitrogens with zero attached hydrogens (tertiary/aromatic N) is 1. The van der Waals surface area contributed by atoms with E-state index < -0.39 is 5.97 Å². The van der Waals surface area contributed by atoms with Crippen LogP contribution in [-0.4, -0.2) is 21.0 Å². The highest BCUT2D eigenvalue weighted by Crippen LogP contribution is 2.25. The van der Waals surface area contributed by atoms with E-state index in [0.717, 1.165) is 11.1 Å². The van der Waals surface area contributed by atoms with E-state index in [-0.39, 0.29) is 11.6 Å². The second-order valence-electron chi connectivity index (χ2n) is 4.62. The number of hydrogen-bond donors (Lipinski definition) is 2. The highest BCUT2D eigenvalue weighted by molar-refractivity contribution is 5.88. The zero-order valence-electron chi connectivity index (χ0n) is 10.7. The third-order valence-corrected chi connectivity index (χ3v) is 2.91. The Bertz CT molecular complexity index is 585. The van der Waals surface area contributed by atoms with Crippen LogP contribution in [0.1, 0.15) is 41.5 Å². The maximum absolute atomic E-state index is 11.2. The molecule has 2 aromatic rings. The summed E-state index contributed by atoms with van der Waals surface area (Å²) in [6.07, 6.45) is 0. The van der Waals surface area contributed by atoms with Gasteiger partial charge in [-0.1, -0.05) is 38.1 Å². The van der Waals surface area contributed by atoms with Crippen LogP contribution in [0.2, 0.25) is 0 Å². The highest BCUT2D eigenvalue weighted by Gasteiger charge is 2.19. The van der Waals surface area contributed by atoms with E-state index in [4.69, 9.17) is 5.11 Å². The van der Waals surface area contributed by atoms with Crippen LogP contribution in [0.5, 0.6) is 0 Å². The third-order valence-electron chi connectivity index (χ3n) is 2.91. The Morgan fingerprint density at radius 3 is 2.50 bits per heavy atom. The zero-order chi connectivity index (χ0) is 13.3. The number of hydrogen-bond acceptors (Lipinski definition) is 2. The van der Waals surface area contributed by atoms with Crippen molar-refractivity contribution in [1.29, 1.82) is 0 Å². The summed E-state index contributed by atoms with van der Waals surface area (Å²) < 4.78 is 0. The molecule has 94 valence electrons. The first-order chi connectivity index (χ1) is 8.50. The van der Waals surface area contributed by atoms with Crippen LogP contribution in [0.3, 0.4) is 0 Å². The van der Waals surface area contributed by atoms with Gasteiger partial charge in [0.25, 0.3) is 0 Å². The average molecular weight is 244 g/mol. The number of benzene rings is 1. The van der Waals surface area contributed by atoms with Gasteiger partial charge >= 0.3 is 5.97 Å². The minimum absolute atomic E-state index is 0.0985. The summed E-state index contributed by atoms with van der Waals surface area (Å²) >= 11 is 0. The number of carboxylic acid groups (broad SMARTS) is 1. The standard InChI is InChI=1S/C14H16N2O2/c1-8(2)11-12(14(17)18)16-13(15-11)10-7-5-4-6-9(10)3/h4-8H,1-3H3,(H,15,16)(H,17,18). The molecule has 0 radical (unpaired) electrons. The van der Waals surface area contributed by atoms with Crippen molar-refractivity contribution in [1.82, 2.24) is 9.97 Å². The van der Waals surface area contributed by atoms with Crippen LogP contribution >= 0.6 is 0 Å². The summed E-state index contributed by atoms with van der Waals surface area (Å²) in [5, 5.41) is 9.16. The predicted molar refractivity (Wildman–Crippen MR) is 69.8 cm³/mol. The molecule has 0 bridgehead atoms. The van der Waals surface area contributed by atoms with Crippen LogP contribution in [0, 0.1) is 6.92 Å². The molecule has 1 aromatic heterocycles. The third kappa shape index (κ3) is 2.14. The molecule has 0 aliphatic carbocycles. The lowest BCUT2D eigenvalue weighted by Gasteiger charge is -2.02. The molecule has 0 saturated heterocycles. The monoisotopic (exact) mass is 244 g/mol. The van der Waals surface area contributed by atoms with Crippen molar-refractivity contribution in [3.8, 4) is 11.4 Å². The fourth-order valence-corrected chi connectivity index (χ4v) is 1.93. The molecular formula is C14H16N2O2. The minimum Gasteiger partial charge on any atom is -0.476 e. The van der Waals surface area contributed by atoms with E-state index in [1.807, 2.05) is 45.0 Å². The molecule has 0 aliphatic heterocycles. The number of carbonyl (C=O) groups is 1. The number of carboxylic acids is 1. The lowest BCUT2D eigenvalue weighted by atomic mass is 10.1. The Balaban J connectivity index is 2.57. The molecule has 0 amide bonds. The molecule has 0 aliphatic rings. The lowest BCUT2D eigenvalue weighted by molar-refractivity contribution is 0.0689. The number of aromatic amines is 1. The Hall–Kier alpha value is -2.10. The Morgan fingerprint density at radius 1 is 1.33 bits per heavy atom. The maximum atomic E-state index is 11.2. The van der Waals surface area contributed by atoms with Crippen molar-refractivity contribution >= 4 is 5.97 Å². The minimum atomic E-state index is -0.991. The fraction of sp³-hybridized carbons (Fsp3) is 0.286. The molecule has 18 heavy (non-hydrogen) atoms. The van der Waals surface area contributed by atoms with Crippen LogP contribution < -0.4 is 0 Å². The van der Waals surface area contributed by atoms with Gasteiger partial charge < -0.3 is 10.1 Å². The molecule has 4 nitrogen and oxygen atoms in total. The number of aryl methyl sites for hydroxylation is 1. The first-order valence-electron chi connectivity index (χ1n) is 5.90. The number of nitrogens with one attached hydrogen (secondary N) is 1. The molecule has 0 atom stereocenters. The van der Waals surface area contributed by atoms with E-state index in [1.165, 1.54) is 0 Å². The first-order valence-corrected chi connectivity index (χ1v) is 5.90. The molecule has 0 spiro atoms. The Kier molecular flexibility index (Phi) is 3.19. The van der Waals surface area contributed by atoms with Crippen LogP contribution in [0.4, 0.5) is 0 Å². The smallest absolute Gasteiger partial charge is 0.356 e. The molecule has 2 N–H and O–H groups in total. The second-order valence-corrected chi connectivity index (χ2v) is 4.62. The summed E-state index contributed by atoms with van der Waals surface area (Å²) in [7, 11) is 0. The van der Waals surface area contributed by atoms with E-state index in [2.05, 4.69) is 9.97 Å². The molecule has 0 unspecified atom stereocenters. The number of aromatic nitrogens is 2. The van der Waals surface area contributed by atoms with Crippen molar-refractivity contribution in [3.63, 3.8) is 0 Å². The molecule has 1 heterocycles. The first kappa shape index (κ1) is 12.4. The van der Waals surface area contributed by atoms with Gasteiger partial charge in [-0.25, -0.2) is 9.78 Å². The number of rotatable bonds is 3. The largest absolute Gasteiger partial charge is 0.476 e. The summed E-state index contributed by atoms with van der Waals surface area (Å²) in [4.78, 5) is 18.5. The van der Waals surface area contributed by atoms with Gasteiger partial charge in [0, 0.05) is 5.56 Å². The van der Waals surface area contributed by atoms with Crippen LogP contribution in [0.25, 0.3) is 11.4 Å². The molecule has 0 fully saturated rings. The van der Waals surface area contributed by atoms with Crippen LogP contribution in [0.15, 0.2) is 24.3 Å². The quantitative estimate of drug-likeness (QED) is 0.871. The number of aromatic carboxylic acids is 1. The van der Waals surface area contributed by atoms with Gasteiger partial charge in [-0.15, -0.1) is 0 Å². The number of H-pyrrole nitrogens is 1. The van der Waals surface area contributed by atoms with E-state index in [9.17, 15) is 4.79 Å². The van der Waals surface area contributed by atoms with Crippen molar-refractivity contribution in [3.05, 3.63) is 41.2 Å². The van der Waals surface area contributed by atoms with E-state index >= 15 is 0 Å². The highest BCUT2D eigenvalue weighted by atomic mass is 16.4. The Morgan fingerprint density at radius 2 is 2.00 bits per heavy atom. The predicted octanol–water partition coefficient (Wildman–Crippen LogP) is 3.21. The van der Waals surface area contributed by atoms with Crippen molar-refractivity contribution < 1.29 is 9.90 Å². The lowest BCUT2D eigenvalue weighted by Crippen LogP contribution is -2.02. The molecule has 1 aromatic carbocycles. The SMILES string of the molecule is Cc1ccccc1-c1nc(C(=O)O)c(C(C)C)[nH]1. The van der Waals surface area contributed by atoms with Crippen molar-refractivity contribution in [2.75, 3.05) is 0 Å². The van der Waals surface area contributed by atoms with Gasteiger partial charge in [0.2, 0.25) is 0 Å². The van der Waals surface area contributed by atoms with E-state index in [0.29, 0.717) is 11.5 Å². The summed E-state index contributed by atoms with van der Waals surface area (Å²) in [5.74, 6) is -0.273. The maximum Gasteiger partial charge on any atom is 0.356 e. The average Bonchev–Trinajstić information content (AvgIpc) is 2.74. The Labute approximate surface area is 106 Å². The topological polar surface area (TPSA) is 66.0 Å².